The first-order valence-corrected chi connectivity index (χ1v) is 9.61. The summed E-state index contributed by atoms with van der Waals surface area (Å²) in [5.74, 6) is 1.15. The van der Waals surface area contributed by atoms with E-state index in [0.717, 1.165) is 16.9 Å². The van der Waals surface area contributed by atoms with Gasteiger partial charge in [-0.1, -0.05) is 6.07 Å². The molecule has 1 fully saturated rings. The van der Waals surface area contributed by atoms with Crippen LogP contribution in [0.2, 0.25) is 0 Å². The van der Waals surface area contributed by atoms with Crippen molar-refractivity contribution in [2.45, 2.75) is 6.92 Å². The van der Waals surface area contributed by atoms with Gasteiger partial charge in [-0.3, -0.25) is 9.69 Å². The van der Waals surface area contributed by atoms with Crippen LogP contribution in [0.5, 0.6) is 11.5 Å². The molecular formula is C22H20N4O3S. The Hall–Kier alpha value is -3.65. The van der Waals surface area contributed by atoms with E-state index in [-0.39, 0.29) is 5.91 Å². The van der Waals surface area contributed by atoms with Gasteiger partial charge in [0.05, 0.1) is 37.6 Å². The first-order chi connectivity index (χ1) is 14.5. The summed E-state index contributed by atoms with van der Waals surface area (Å²) in [6.45, 7) is 1.93. The molecular weight excluding hydrogens is 400 g/mol. The zero-order valence-electron chi connectivity index (χ0n) is 16.7. The van der Waals surface area contributed by atoms with Crippen molar-refractivity contribution in [1.29, 1.82) is 0 Å². The fourth-order valence-corrected chi connectivity index (χ4v) is 3.52. The summed E-state index contributed by atoms with van der Waals surface area (Å²) in [6, 6.07) is 12.9. The number of amides is 1. The number of aryl methyl sites for hydroxylation is 1. The van der Waals surface area contributed by atoms with Crippen molar-refractivity contribution < 1.29 is 14.3 Å². The third-order valence-electron chi connectivity index (χ3n) is 4.71. The number of imidazole rings is 1. The number of carbonyl (C=O) groups is 1. The number of hydrogen-bond acceptors (Lipinski definition) is 5. The Labute approximate surface area is 179 Å². The van der Waals surface area contributed by atoms with Crippen LogP contribution >= 0.6 is 12.2 Å². The molecule has 1 aliphatic rings. The van der Waals surface area contributed by atoms with E-state index in [2.05, 4.69) is 10.3 Å². The molecule has 1 N–H and O–H groups in total. The smallest absolute Gasteiger partial charge is 0.281 e. The summed E-state index contributed by atoms with van der Waals surface area (Å²) in [7, 11) is 3.20. The Kier molecular flexibility index (Phi) is 5.24. The minimum atomic E-state index is -0.224. The molecule has 7 nitrogen and oxygen atoms in total. The van der Waals surface area contributed by atoms with Crippen LogP contribution in [-0.2, 0) is 4.79 Å². The number of anilines is 1. The minimum absolute atomic E-state index is 0.224. The van der Waals surface area contributed by atoms with Gasteiger partial charge in [0.1, 0.15) is 17.2 Å². The fraction of sp³-hybridized carbons (Fsp3) is 0.136. The molecule has 0 unspecified atom stereocenters. The Morgan fingerprint density at radius 3 is 2.50 bits per heavy atom. The van der Waals surface area contributed by atoms with Crippen molar-refractivity contribution >= 4 is 35.0 Å². The topological polar surface area (TPSA) is 68.6 Å². The molecule has 30 heavy (non-hydrogen) atoms. The highest BCUT2D eigenvalue weighted by molar-refractivity contribution is 7.80. The van der Waals surface area contributed by atoms with Crippen LogP contribution in [0.25, 0.3) is 11.8 Å². The number of methoxy groups -OCH3 is 2. The van der Waals surface area contributed by atoms with E-state index in [1.54, 1.807) is 50.9 Å². The summed E-state index contributed by atoms with van der Waals surface area (Å²) in [6.07, 6.45) is 5.41. The van der Waals surface area contributed by atoms with Gasteiger partial charge in [0, 0.05) is 6.20 Å². The monoisotopic (exact) mass is 420 g/mol. The molecule has 0 spiro atoms. The number of nitrogens with zero attached hydrogens (tertiary/aromatic N) is 3. The maximum Gasteiger partial charge on any atom is 0.281 e. The van der Waals surface area contributed by atoms with E-state index in [0.29, 0.717) is 28.0 Å². The number of thiocarbonyl (C=S) groups is 1. The molecule has 1 aromatic heterocycles. The first kappa shape index (κ1) is 19.7. The molecule has 0 atom stereocenters. The summed E-state index contributed by atoms with van der Waals surface area (Å²) >= 11 is 5.38. The maximum absolute atomic E-state index is 13.0. The van der Waals surface area contributed by atoms with Crippen LogP contribution < -0.4 is 19.7 Å². The largest absolute Gasteiger partial charge is 0.497 e. The van der Waals surface area contributed by atoms with Crippen molar-refractivity contribution in [3.63, 3.8) is 0 Å². The second kappa shape index (κ2) is 8.00. The lowest BCUT2D eigenvalue weighted by Crippen LogP contribution is -2.30. The van der Waals surface area contributed by atoms with Crippen LogP contribution in [-0.4, -0.2) is 34.8 Å². The molecule has 0 saturated carbocycles. The maximum atomic E-state index is 13.0. The van der Waals surface area contributed by atoms with E-state index in [9.17, 15) is 4.79 Å². The Morgan fingerprint density at radius 2 is 1.87 bits per heavy atom. The second-order valence-corrected chi connectivity index (χ2v) is 7.07. The lowest BCUT2D eigenvalue weighted by atomic mass is 10.1. The van der Waals surface area contributed by atoms with E-state index < -0.39 is 0 Å². The van der Waals surface area contributed by atoms with Gasteiger partial charge in [-0.25, -0.2) is 4.98 Å². The van der Waals surface area contributed by atoms with E-state index in [4.69, 9.17) is 21.7 Å². The van der Waals surface area contributed by atoms with Gasteiger partial charge < -0.3 is 19.4 Å². The third-order valence-corrected chi connectivity index (χ3v) is 5.00. The van der Waals surface area contributed by atoms with Crippen LogP contribution in [0.3, 0.4) is 0 Å². The van der Waals surface area contributed by atoms with Crippen molar-refractivity contribution in [2.24, 2.45) is 0 Å². The summed E-state index contributed by atoms with van der Waals surface area (Å²) in [4.78, 5) is 18.7. The van der Waals surface area contributed by atoms with E-state index in [1.807, 2.05) is 35.9 Å². The summed E-state index contributed by atoms with van der Waals surface area (Å²) in [5.41, 5.74) is 3.65. The third kappa shape index (κ3) is 3.65. The van der Waals surface area contributed by atoms with Crippen molar-refractivity contribution in [3.05, 3.63) is 71.9 Å². The standard InChI is InChI=1S/C22H20N4O3S/c1-14-12-25(13-23-14)19-9-4-15(11-20(19)29-3)10-18-21(27)26(22(30)24-18)16-5-7-17(28-2)8-6-16/h4-13H,1-3H3,(H,24,30)/b18-10+. The lowest BCUT2D eigenvalue weighted by molar-refractivity contribution is -0.113. The second-order valence-electron chi connectivity index (χ2n) is 6.68. The van der Waals surface area contributed by atoms with Crippen LogP contribution in [0.15, 0.2) is 60.7 Å². The predicted molar refractivity (Wildman–Crippen MR) is 119 cm³/mol. The minimum Gasteiger partial charge on any atom is -0.497 e. The van der Waals surface area contributed by atoms with Gasteiger partial charge in [0.25, 0.3) is 5.91 Å². The van der Waals surface area contributed by atoms with Crippen LogP contribution in [0.1, 0.15) is 11.3 Å². The average Bonchev–Trinajstić information content (AvgIpc) is 3.30. The molecule has 8 heteroatoms. The zero-order valence-corrected chi connectivity index (χ0v) is 17.6. The van der Waals surface area contributed by atoms with Gasteiger partial charge in [-0.2, -0.15) is 0 Å². The molecule has 1 amide bonds. The van der Waals surface area contributed by atoms with E-state index >= 15 is 0 Å². The zero-order chi connectivity index (χ0) is 21.3. The van der Waals surface area contributed by atoms with Crippen molar-refractivity contribution in [2.75, 3.05) is 19.1 Å². The summed E-state index contributed by atoms with van der Waals surface area (Å²) in [5, 5.41) is 3.33. The number of ether oxygens (including phenoxy) is 2. The SMILES string of the molecule is COc1ccc(N2C(=O)/C(=C\c3ccc(-n4cnc(C)c4)c(OC)c3)NC2=S)cc1. The highest BCUT2D eigenvalue weighted by atomic mass is 32.1. The van der Waals surface area contributed by atoms with Gasteiger partial charge >= 0.3 is 0 Å². The normalized spacial score (nSPS) is 14.9. The number of carbonyl (C=O) groups excluding carboxylic acids is 1. The van der Waals surface area contributed by atoms with Gasteiger partial charge in [-0.15, -0.1) is 0 Å². The van der Waals surface area contributed by atoms with Crippen LogP contribution in [0, 0.1) is 6.92 Å². The molecule has 1 aliphatic heterocycles. The quantitative estimate of drug-likeness (QED) is 0.504. The Morgan fingerprint density at radius 1 is 1.10 bits per heavy atom. The van der Waals surface area contributed by atoms with Crippen molar-refractivity contribution in [1.82, 2.24) is 14.9 Å². The molecule has 0 radical (unpaired) electrons. The molecule has 3 aromatic rings. The van der Waals surface area contributed by atoms with Crippen molar-refractivity contribution in [3.8, 4) is 17.2 Å². The lowest BCUT2D eigenvalue weighted by Gasteiger charge is -2.14. The number of hydrogen-bond donors (Lipinski definition) is 1. The summed E-state index contributed by atoms with van der Waals surface area (Å²) < 4.78 is 12.6. The first-order valence-electron chi connectivity index (χ1n) is 9.20. The van der Waals surface area contributed by atoms with Gasteiger partial charge in [0.2, 0.25) is 0 Å². The molecule has 1 saturated heterocycles. The molecule has 0 aliphatic carbocycles. The molecule has 4 rings (SSSR count). The molecule has 2 aromatic carbocycles. The van der Waals surface area contributed by atoms with E-state index in [1.165, 1.54) is 4.90 Å². The van der Waals surface area contributed by atoms with Gasteiger partial charge in [-0.05, 0) is 67.2 Å². The highest BCUT2D eigenvalue weighted by Gasteiger charge is 2.32. The number of nitrogens with one attached hydrogen (secondary N) is 1. The predicted octanol–water partition coefficient (Wildman–Crippen LogP) is 3.46. The van der Waals surface area contributed by atoms with Crippen LogP contribution in [0.4, 0.5) is 5.69 Å². The molecule has 2 heterocycles. The highest BCUT2D eigenvalue weighted by Crippen LogP contribution is 2.28. The average molecular weight is 420 g/mol. The molecule has 0 bridgehead atoms. The number of rotatable bonds is 5. The fourth-order valence-electron chi connectivity index (χ4n) is 3.22. The Bertz CT molecular complexity index is 1150. The Balaban J connectivity index is 1.63. The number of aromatic nitrogens is 2. The molecule has 152 valence electrons. The van der Waals surface area contributed by atoms with Gasteiger partial charge in [0.15, 0.2) is 5.11 Å². The number of benzene rings is 2.